The summed E-state index contributed by atoms with van der Waals surface area (Å²) in [5, 5.41) is 3.95. The largest absolute Gasteiger partial charge is 0.325 e. The highest BCUT2D eigenvalue weighted by Gasteiger charge is 2.18. The van der Waals surface area contributed by atoms with Gasteiger partial charge in [0.15, 0.2) is 0 Å². The Balaban J connectivity index is 1.97. The molecule has 2 aromatic rings. The number of hydrogen-bond donors (Lipinski definition) is 1. The van der Waals surface area contributed by atoms with E-state index in [9.17, 15) is 4.79 Å². The Morgan fingerprint density at radius 1 is 1.14 bits per heavy atom. The second kappa shape index (κ2) is 7.63. The SMILES string of the molecule is C[C@H](C(=O)Nc1ccccc1)N(C)Cc1ccc(Cl)c(Cl)c1. The van der Waals surface area contributed by atoms with E-state index in [1.165, 1.54) is 0 Å². The lowest BCUT2D eigenvalue weighted by Gasteiger charge is -2.24. The first kappa shape index (κ1) is 16.8. The average Bonchev–Trinajstić information content (AvgIpc) is 2.51. The number of halogens is 2. The number of likely N-dealkylation sites (N-methyl/N-ethyl adjacent to an activating group) is 1. The van der Waals surface area contributed by atoms with Crippen LogP contribution in [0.3, 0.4) is 0 Å². The van der Waals surface area contributed by atoms with Crippen molar-refractivity contribution >= 4 is 34.8 Å². The third-order valence-electron chi connectivity index (χ3n) is 3.50. The summed E-state index contributed by atoms with van der Waals surface area (Å²) in [6.07, 6.45) is 0. The van der Waals surface area contributed by atoms with Gasteiger partial charge in [-0.1, -0.05) is 47.5 Å². The first-order valence-electron chi connectivity index (χ1n) is 6.97. The van der Waals surface area contributed by atoms with Crippen molar-refractivity contribution in [3.8, 4) is 0 Å². The third-order valence-corrected chi connectivity index (χ3v) is 4.24. The zero-order chi connectivity index (χ0) is 16.1. The Morgan fingerprint density at radius 2 is 1.82 bits per heavy atom. The molecule has 0 bridgehead atoms. The van der Waals surface area contributed by atoms with Gasteiger partial charge in [0.1, 0.15) is 0 Å². The van der Waals surface area contributed by atoms with Gasteiger partial charge in [-0.25, -0.2) is 0 Å². The molecule has 0 saturated carbocycles. The molecule has 0 fully saturated rings. The molecule has 2 rings (SSSR count). The standard InChI is InChI=1S/C17H18Cl2N2O/c1-12(17(22)20-14-6-4-3-5-7-14)21(2)11-13-8-9-15(18)16(19)10-13/h3-10,12H,11H2,1-2H3,(H,20,22)/t12-/m1/s1. The van der Waals surface area contributed by atoms with E-state index in [0.717, 1.165) is 11.3 Å². The van der Waals surface area contributed by atoms with Crippen molar-refractivity contribution in [3.05, 3.63) is 64.1 Å². The zero-order valence-electron chi connectivity index (χ0n) is 12.5. The Bertz CT molecular complexity index is 646. The van der Waals surface area contributed by atoms with Crippen molar-refractivity contribution in [1.29, 1.82) is 0 Å². The predicted molar refractivity (Wildman–Crippen MR) is 92.5 cm³/mol. The van der Waals surface area contributed by atoms with Crippen LogP contribution in [0.5, 0.6) is 0 Å². The van der Waals surface area contributed by atoms with Gasteiger partial charge in [0.2, 0.25) is 5.91 Å². The number of nitrogens with one attached hydrogen (secondary N) is 1. The smallest absolute Gasteiger partial charge is 0.241 e. The van der Waals surface area contributed by atoms with Crippen molar-refractivity contribution in [2.45, 2.75) is 19.5 Å². The Labute approximate surface area is 140 Å². The molecular formula is C17H18Cl2N2O. The first-order valence-corrected chi connectivity index (χ1v) is 7.73. The molecule has 0 aliphatic heterocycles. The van der Waals surface area contributed by atoms with E-state index in [1.807, 2.05) is 61.3 Å². The molecule has 1 N–H and O–H groups in total. The van der Waals surface area contributed by atoms with Crippen LogP contribution in [0.2, 0.25) is 10.0 Å². The second-order valence-electron chi connectivity index (χ2n) is 5.19. The summed E-state index contributed by atoms with van der Waals surface area (Å²) in [5.74, 6) is -0.0474. The van der Waals surface area contributed by atoms with Crippen LogP contribution < -0.4 is 5.32 Å². The number of carbonyl (C=O) groups excluding carboxylic acids is 1. The summed E-state index contributed by atoms with van der Waals surface area (Å²) >= 11 is 11.9. The van der Waals surface area contributed by atoms with Gasteiger partial charge in [-0.2, -0.15) is 0 Å². The van der Waals surface area contributed by atoms with Crippen LogP contribution in [0.4, 0.5) is 5.69 Å². The fourth-order valence-corrected chi connectivity index (χ4v) is 2.35. The molecule has 1 amide bonds. The summed E-state index contributed by atoms with van der Waals surface area (Å²) in [5.41, 5.74) is 1.80. The Morgan fingerprint density at radius 3 is 2.45 bits per heavy atom. The van der Waals surface area contributed by atoms with Crippen LogP contribution in [0, 0.1) is 0 Å². The van der Waals surface area contributed by atoms with Crippen LogP contribution in [-0.2, 0) is 11.3 Å². The van der Waals surface area contributed by atoms with Crippen LogP contribution in [-0.4, -0.2) is 23.9 Å². The number of nitrogens with zero attached hydrogens (tertiary/aromatic N) is 1. The molecule has 0 unspecified atom stereocenters. The van der Waals surface area contributed by atoms with Crippen molar-refractivity contribution < 1.29 is 4.79 Å². The van der Waals surface area contributed by atoms with Gasteiger partial charge in [-0.3, -0.25) is 9.69 Å². The summed E-state index contributed by atoms with van der Waals surface area (Å²) in [7, 11) is 1.90. The highest BCUT2D eigenvalue weighted by molar-refractivity contribution is 6.42. The molecule has 0 spiro atoms. The normalized spacial score (nSPS) is 12.2. The second-order valence-corrected chi connectivity index (χ2v) is 6.01. The van der Waals surface area contributed by atoms with Crippen LogP contribution in [0.1, 0.15) is 12.5 Å². The van der Waals surface area contributed by atoms with Crippen LogP contribution in [0.25, 0.3) is 0 Å². The predicted octanol–water partition coefficient (Wildman–Crippen LogP) is 4.45. The molecule has 0 radical (unpaired) electrons. The number of para-hydroxylation sites is 1. The maximum Gasteiger partial charge on any atom is 0.241 e. The number of carbonyl (C=O) groups is 1. The Hall–Kier alpha value is -1.55. The quantitative estimate of drug-likeness (QED) is 0.874. The van der Waals surface area contributed by atoms with E-state index in [1.54, 1.807) is 6.07 Å². The highest BCUT2D eigenvalue weighted by atomic mass is 35.5. The Kier molecular flexibility index (Phi) is 5.83. The van der Waals surface area contributed by atoms with Crippen LogP contribution in [0.15, 0.2) is 48.5 Å². The van der Waals surface area contributed by atoms with Gasteiger partial charge >= 0.3 is 0 Å². The van der Waals surface area contributed by atoms with E-state index in [2.05, 4.69) is 5.32 Å². The topological polar surface area (TPSA) is 32.3 Å². The van der Waals surface area contributed by atoms with E-state index < -0.39 is 0 Å². The molecule has 0 saturated heterocycles. The van der Waals surface area contributed by atoms with Gasteiger partial charge in [-0.15, -0.1) is 0 Å². The van der Waals surface area contributed by atoms with Crippen molar-refractivity contribution in [2.24, 2.45) is 0 Å². The number of rotatable bonds is 5. The maximum absolute atomic E-state index is 12.3. The lowest BCUT2D eigenvalue weighted by atomic mass is 10.2. The highest BCUT2D eigenvalue weighted by Crippen LogP contribution is 2.23. The third kappa shape index (κ3) is 4.47. The summed E-state index contributed by atoms with van der Waals surface area (Å²) in [6, 6.07) is 14.6. The summed E-state index contributed by atoms with van der Waals surface area (Å²) in [6.45, 7) is 2.48. The fourth-order valence-electron chi connectivity index (χ4n) is 2.03. The first-order chi connectivity index (χ1) is 10.5. The van der Waals surface area contributed by atoms with E-state index >= 15 is 0 Å². The molecule has 3 nitrogen and oxygen atoms in total. The number of amides is 1. The molecule has 5 heteroatoms. The fraction of sp³-hybridized carbons (Fsp3) is 0.235. The van der Waals surface area contributed by atoms with Gasteiger partial charge in [-0.05, 0) is 43.8 Å². The lowest BCUT2D eigenvalue weighted by molar-refractivity contribution is -0.120. The molecule has 1 atom stereocenters. The average molecular weight is 337 g/mol. The lowest BCUT2D eigenvalue weighted by Crippen LogP contribution is -2.39. The van der Waals surface area contributed by atoms with Gasteiger partial charge in [0, 0.05) is 12.2 Å². The van der Waals surface area contributed by atoms with Gasteiger partial charge < -0.3 is 5.32 Å². The van der Waals surface area contributed by atoms with E-state index in [-0.39, 0.29) is 11.9 Å². The minimum atomic E-state index is -0.269. The molecule has 0 aromatic heterocycles. The number of hydrogen-bond acceptors (Lipinski definition) is 2. The van der Waals surface area contributed by atoms with Gasteiger partial charge in [0.05, 0.1) is 16.1 Å². The number of anilines is 1. The van der Waals surface area contributed by atoms with E-state index in [0.29, 0.717) is 16.6 Å². The summed E-state index contributed by atoms with van der Waals surface area (Å²) < 4.78 is 0. The van der Waals surface area contributed by atoms with Crippen molar-refractivity contribution in [1.82, 2.24) is 4.90 Å². The minimum Gasteiger partial charge on any atom is -0.325 e. The molecule has 0 aliphatic rings. The van der Waals surface area contributed by atoms with Crippen molar-refractivity contribution in [3.63, 3.8) is 0 Å². The summed E-state index contributed by atoms with van der Waals surface area (Å²) in [4.78, 5) is 14.2. The minimum absolute atomic E-state index is 0.0474. The maximum atomic E-state index is 12.3. The molecule has 2 aromatic carbocycles. The van der Waals surface area contributed by atoms with E-state index in [4.69, 9.17) is 23.2 Å². The molecule has 22 heavy (non-hydrogen) atoms. The number of benzene rings is 2. The van der Waals surface area contributed by atoms with Crippen molar-refractivity contribution in [2.75, 3.05) is 12.4 Å². The molecule has 0 aliphatic carbocycles. The van der Waals surface area contributed by atoms with Crippen LogP contribution >= 0.6 is 23.2 Å². The van der Waals surface area contributed by atoms with Gasteiger partial charge in [0.25, 0.3) is 0 Å². The molecule has 116 valence electrons. The molecule has 0 heterocycles. The molecular weight excluding hydrogens is 319 g/mol. The zero-order valence-corrected chi connectivity index (χ0v) is 14.0. The monoisotopic (exact) mass is 336 g/mol.